The van der Waals surface area contributed by atoms with Crippen molar-refractivity contribution in [3.8, 4) is 28.3 Å². The van der Waals surface area contributed by atoms with Crippen LogP contribution in [0.2, 0.25) is 0 Å². The Labute approximate surface area is 238 Å². The van der Waals surface area contributed by atoms with Crippen molar-refractivity contribution in [2.75, 3.05) is 31.9 Å². The largest absolute Gasteiger partial charge is 0.383 e. The van der Waals surface area contributed by atoms with Gasteiger partial charge in [-0.25, -0.2) is 15.0 Å². The number of imidazole rings is 1. The lowest BCUT2D eigenvalue weighted by Gasteiger charge is -2.47. The Balaban J connectivity index is 1.20. The lowest BCUT2D eigenvalue weighted by molar-refractivity contribution is -0.137. The monoisotopic (exact) mass is 541 g/mol. The number of fused-ring (bicyclic) bond motifs is 1. The highest BCUT2D eigenvalue weighted by molar-refractivity contribution is 5.88. The molecule has 0 bridgehead atoms. The molecule has 0 unspecified atom stereocenters. The summed E-state index contributed by atoms with van der Waals surface area (Å²) < 4.78 is 2.07. The predicted molar refractivity (Wildman–Crippen MR) is 161 cm³/mol. The Bertz CT molecular complexity index is 1750. The number of hydrogen-bond acceptors (Lipinski definition) is 6. The van der Waals surface area contributed by atoms with Crippen molar-refractivity contribution in [2.45, 2.75) is 13.0 Å². The number of pyridine rings is 2. The number of benzene rings is 2. The molecular formula is C33H31N7O. The van der Waals surface area contributed by atoms with Crippen LogP contribution in [-0.2, 0) is 11.3 Å². The second-order valence-electron chi connectivity index (χ2n) is 11.1. The third-order valence-electron chi connectivity index (χ3n) is 8.31. The zero-order valence-electron chi connectivity index (χ0n) is 22.8. The first-order chi connectivity index (χ1) is 20.0. The number of nitrogens with two attached hydrogens (primary N) is 1. The smallest absolute Gasteiger partial charge is 0.245 e. The molecule has 0 saturated carbocycles. The van der Waals surface area contributed by atoms with Gasteiger partial charge in [-0.05, 0) is 61.0 Å². The van der Waals surface area contributed by atoms with Gasteiger partial charge in [0.2, 0.25) is 5.91 Å². The summed E-state index contributed by atoms with van der Waals surface area (Å²) in [5, 5.41) is 0. The summed E-state index contributed by atoms with van der Waals surface area (Å²) in [4.78, 5) is 30.6. The SMILES string of the molecule is C=CC(=O)N1CC2(CCN(Cc3ccc(-n4c(-c5cccnc5N)nc5ccc(-c6ccccc6)nc54)cc3)C2)C1. The van der Waals surface area contributed by atoms with Gasteiger partial charge < -0.3 is 10.6 Å². The van der Waals surface area contributed by atoms with Gasteiger partial charge in [-0.15, -0.1) is 0 Å². The van der Waals surface area contributed by atoms with Crippen LogP contribution in [0.15, 0.2) is 97.7 Å². The molecule has 8 nitrogen and oxygen atoms in total. The molecule has 2 fully saturated rings. The standard InChI is InChI=1S/C33H31N7O/c1-2-29(41)39-21-33(22-39)16-18-38(20-33)19-23-10-12-25(13-11-23)40-31(26-9-6-17-35-30(26)34)37-28-15-14-27(36-32(28)40)24-7-4-3-5-8-24/h2-15,17H,1,16,18-22H2,(H2,34,35). The van der Waals surface area contributed by atoms with E-state index >= 15 is 0 Å². The third-order valence-corrected chi connectivity index (χ3v) is 8.31. The molecule has 2 aliphatic heterocycles. The molecule has 2 aliphatic rings. The predicted octanol–water partition coefficient (Wildman–Crippen LogP) is 4.95. The van der Waals surface area contributed by atoms with Crippen LogP contribution in [0.4, 0.5) is 5.82 Å². The maximum absolute atomic E-state index is 11.9. The van der Waals surface area contributed by atoms with Crippen molar-refractivity contribution in [2.24, 2.45) is 5.41 Å². The molecule has 1 spiro atoms. The van der Waals surface area contributed by atoms with Crippen LogP contribution in [0.25, 0.3) is 39.5 Å². The molecule has 2 saturated heterocycles. The first kappa shape index (κ1) is 25.2. The number of nitrogens with zero attached hydrogens (tertiary/aromatic N) is 6. The molecular weight excluding hydrogens is 510 g/mol. The molecule has 41 heavy (non-hydrogen) atoms. The first-order valence-corrected chi connectivity index (χ1v) is 13.9. The summed E-state index contributed by atoms with van der Waals surface area (Å²) >= 11 is 0. The van der Waals surface area contributed by atoms with Gasteiger partial charge in [0.1, 0.15) is 11.3 Å². The zero-order chi connectivity index (χ0) is 28.0. The van der Waals surface area contributed by atoms with Crippen molar-refractivity contribution >= 4 is 22.9 Å². The Kier molecular flexibility index (Phi) is 6.12. The van der Waals surface area contributed by atoms with Crippen molar-refractivity contribution < 1.29 is 4.79 Å². The molecule has 7 rings (SSSR count). The number of amides is 1. The highest BCUT2D eigenvalue weighted by Crippen LogP contribution is 2.40. The maximum Gasteiger partial charge on any atom is 0.245 e. The fourth-order valence-electron chi connectivity index (χ4n) is 6.24. The van der Waals surface area contributed by atoms with Crippen LogP contribution >= 0.6 is 0 Å². The Morgan fingerprint density at radius 2 is 1.76 bits per heavy atom. The fourth-order valence-corrected chi connectivity index (χ4v) is 6.24. The van der Waals surface area contributed by atoms with Gasteiger partial charge in [0.05, 0.1) is 11.3 Å². The van der Waals surface area contributed by atoms with Gasteiger partial charge in [-0.1, -0.05) is 49.0 Å². The Hall–Kier alpha value is -4.82. The molecule has 2 aromatic carbocycles. The van der Waals surface area contributed by atoms with Crippen molar-refractivity contribution in [1.82, 2.24) is 29.3 Å². The van der Waals surface area contributed by atoms with E-state index in [1.54, 1.807) is 6.20 Å². The van der Waals surface area contributed by atoms with Crippen molar-refractivity contribution in [3.05, 3.63) is 103 Å². The van der Waals surface area contributed by atoms with Gasteiger partial charge in [0, 0.05) is 49.0 Å². The molecule has 8 heteroatoms. The van der Waals surface area contributed by atoms with Crippen LogP contribution < -0.4 is 5.73 Å². The third kappa shape index (κ3) is 4.56. The highest BCUT2D eigenvalue weighted by Gasteiger charge is 2.48. The van der Waals surface area contributed by atoms with Crippen LogP contribution in [0, 0.1) is 5.41 Å². The summed E-state index contributed by atoms with van der Waals surface area (Å²) in [7, 11) is 0. The number of aromatic nitrogens is 4. The lowest BCUT2D eigenvalue weighted by Crippen LogP contribution is -2.59. The summed E-state index contributed by atoms with van der Waals surface area (Å²) in [6, 6.07) is 26.6. The molecule has 0 radical (unpaired) electrons. The van der Waals surface area contributed by atoms with E-state index in [0.717, 1.165) is 72.8 Å². The Morgan fingerprint density at radius 3 is 2.51 bits per heavy atom. The first-order valence-electron chi connectivity index (χ1n) is 13.9. The van der Waals surface area contributed by atoms with Crippen LogP contribution in [-0.4, -0.2) is 61.4 Å². The molecule has 2 N–H and O–H groups in total. The molecule has 204 valence electrons. The number of likely N-dealkylation sites (tertiary alicyclic amines) is 2. The maximum atomic E-state index is 11.9. The van der Waals surface area contributed by atoms with Crippen LogP contribution in [0.3, 0.4) is 0 Å². The van der Waals surface area contributed by atoms with Crippen LogP contribution in [0.1, 0.15) is 12.0 Å². The average molecular weight is 542 g/mol. The number of rotatable bonds is 6. The van der Waals surface area contributed by atoms with E-state index in [0.29, 0.717) is 11.6 Å². The second-order valence-corrected chi connectivity index (χ2v) is 11.1. The van der Waals surface area contributed by atoms with Gasteiger partial charge in [0.15, 0.2) is 11.5 Å². The summed E-state index contributed by atoms with van der Waals surface area (Å²) in [5.74, 6) is 1.17. The number of anilines is 1. The van der Waals surface area contributed by atoms with Gasteiger partial charge in [-0.3, -0.25) is 14.3 Å². The fraction of sp³-hybridized carbons (Fsp3) is 0.212. The van der Waals surface area contributed by atoms with Crippen molar-refractivity contribution in [1.29, 1.82) is 0 Å². The topological polar surface area (TPSA) is 93.2 Å². The number of carbonyl (C=O) groups is 1. The second kappa shape index (κ2) is 9.98. The van der Waals surface area contributed by atoms with E-state index in [-0.39, 0.29) is 11.3 Å². The molecule has 0 aliphatic carbocycles. The summed E-state index contributed by atoms with van der Waals surface area (Å²) in [6.45, 7) is 8.21. The van der Waals surface area contributed by atoms with Crippen molar-refractivity contribution in [3.63, 3.8) is 0 Å². The summed E-state index contributed by atoms with van der Waals surface area (Å²) in [5.41, 5.74) is 13.0. The zero-order valence-corrected chi connectivity index (χ0v) is 22.8. The molecule has 5 heterocycles. The van der Waals surface area contributed by atoms with E-state index in [9.17, 15) is 4.79 Å². The number of carbonyl (C=O) groups excluding carboxylic acids is 1. The van der Waals surface area contributed by atoms with E-state index in [4.69, 9.17) is 15.7 Å². The molecule has 5 aromatic rings. The Morgan fingerprint density at radius 1 is 0.951 bits per heavy atom. The minimum absolute atomic E-state index is 0.0366. The molecule has 0 atom stereocenters. The molecule has 1 amide bonds. The lowest BCUT2D eigenvalue weighted by atomic mass is 9.79. The van der Waals surface area contributed by atoms with E-state index in [1.165, 1.54) is 11.6 Å². The highest BCUT2D eigenvalue weighted by atomic mass is 16.2. The average Bonchev–Trinajstić information content (AvgIpc) is 3.59. The molecule has 3 aromatic heterocycles. The number of hydrogen-bond donors (Lipinski definition) is 1. The quantitative estimate of drug-likeness (QED) is 0.306. The number of nitrogen functional groups attached to an aromatic ring is 1. The van der Waals surface area contributed by atoms with Gasteiger partial charge in [-0.2, -0.15) is 0 Å². The van der Waals surface area contributed by atoms with E-state index in [2.05, 4.69) is 57.4 Å². The van der Waals surface area contributed by atoms with Crippen LogP contribution in [0.5, 0.6) is 0 Å². The van der Waals surface area contributed by atoms with Gasteiger partial charge in [0.25, 0.3) is 0 Å². The normalized spacial score (nSPS) is 16.2. The summed E-state index contributed by atoms with van der Waals surface area (Å²) in [6.07, 6.45) is 4.22. The van der Waals surface area contributed by atoms with E-state index in [1.807, 2.05) is 47.4 Å². The van der Waals surface area contributed by atoms with E-state index < -0.39 is 0 Å². The minimum Gasteiger partial charge on any atom is -0.383 e. The minimum atomic E-state index is 0.0366. The van der Waals surface area contributed by atoms with Gasteiger partial charge >= 0.3 is 0 Å².